The van der Waals surface area contributed by atoms with E-state index in [1.165, 1.54) is 6.07 Å². The number of nitrogens with one attached hydrogen (secondary N) is 1. The predicted molar refractivity (Wildman–Crippen MR) is 133 cm³/mol. The van der Waals surface area contributed by atoms with E-state index in [1.54, 1.807) is 17.0 Å². The Morgan fingerprint density at radius 1 is 1.26 bits per heavy atom. The summed E-state index contributed by atoms with van der Waals surface area (Å²) in [7, 11) is -4.23. The number of imidazole rings is 1. The third kappa shape index (κ3) is 5.79. The van der Waals surface area contributed by atoms with Crippen molar-refractivity contribution in [2.24, 2.45) is 0 Å². The number of hydrogen-bond donors (Lipinski definition) is 1. The van der Waals surface area contributed by atoms with Gasteiger partial charge >= 0.3 is 6.09 Å². The fraction of sp³-hybridized carbons (Fsp3) is 0.360. The summed E-state index contributed by atoms with van der Waals surface area (Å²) in [4.78, 5) is 16.1. The zero-order valence-corrected chi connectivity index (χ0v) is 21.4. The van der Waals surface area contributed by atoms with E-state index >= 15 is 0 Å². The second-order valence-electron chi connectivity index (χ2n) is 9.11. The smallest absolute Gasteiger partial charge is 0.421 e. The molecule has 1 aliphatic heterocycles. The molecule has 0 fully saturated rings. The molecule has 4 rings (SSSR count). The lowest BCUT2D eigenvalue weighted by atomic mass is 9.97. The van der Waals surface area contributed by atoms with Gasteiger partial charge in [-0.15, -0.1) is 0 Å². The van der Waals surface area contributed by atoms with Crippen molar-refractivity contribution in [1.82, 2.24) is 14.3 Å². The van der Waals surface area contributed by atoms with Crippen LogP contribution in [0.15, 0.2) is 53.7 Å². The van der Waals surface area contributed by atoms with Crippen LogP contribution in [0.2, 0.25) is 5.28 Å². The fourth-order valence-corrected chi connectivity index (χ4v) is 5.29. The number of amides is 1. The van der Waals surface area contributed by atoms with Crippen molar-refractivity contribution in [3.05, 3.63) is 65.2 Å². The highest BCUT2D eigenvalue weighted by molar-refractivity contribution is 7.90. The zero-order valence-electron chi connectivity index (χ0n) is 19.9. The van der Waals surface area contributed by atoms with Crippen LogP contribution in [0.25, 0.3) is 11.1 Å². The monoisotopic (exact) mass is 517 g/mol. The van der Waals surface area contributed by atoms with Gasteiger partial charge in [0, 0.05) is 37.0 Å². The molecule has 0 atom stereocenters. The molecule has 0 saturated heterocycles. The van der Waals surface area contributed by atoms with E-state index in [4.69, 9.17) is 21.1 Å². The van der Waals surface area contributed by atoms with Crippen LogP contribution in [0.1, 0.15) is 44.7 Å². The predicted octanol–water partition coefficient (Wildman–Crippen LogP) is 5.18. The second-order valence-corrected chi connectivity index (χ2v) is 11.1. The van der Waals surface area contributed by atoms with E-state index in [0.29, 0.717) is 41.5 Å². The minimum atomic E-state index is -4.23. The number of nitrogens with zero attached hydrogens (tertiary/aromatic N) is 2. The number of aromatic nitrogens is 2. The average Bonchev–Trinajstić information content (AvgIpc) is 3.33. The van der Waals surface area contributed by atoms with Crippen molar-refractivity contribution < 1.29 is 22.7 Å². The molecule has 10 heteroatoms. The molecule has 1 amide bonds. The minimum Gasteiger partial charge on any atom is -0.487 e. The summed E-state index contributed by atoms with van der Waals surface area (Å²) in [6, 6.07) is 10.8. The summed E-state index contributed by atoms with van der Waals surface area (Å²) in [5.74, 6) is 0.491. The van der Waals surface area contributed by atoms with Crippen LogP contribution in [-0.2, 0) is 27.7 Å². The third-order valence-electron chi connectivity index (χ3n) is 5.69. The van der Waals surface area contributed by atoms with Gasteiger partial charge in [0.2, 0.25) is 5.28 Å². The van der Waals surface area contributed by atoms with Gasteiger partial charge in [0.1, 0.15) is 11.4 Å². The van der Waals surface area contributed by atoms with Gasteiger partial charge in [-0.1, -0.05) is 37.6 Å². The molecule has 0 spiro atoms. The van der Waals surface area contributed by atoms with E-state index < -0.39 is 21.7 Å². The van der Waals surface area contributed by atoms with Gasteiger partial charge in [-0.25, -0.2) is 22.9 Å². The Balaban J connectivity index is 1.68. The molecule has 1 aromatic heterocycles. The maximum atomic E-state index is 13.3. The van der Waals surface area contributed by atoms with Crippen LogP contribution in [0.5, 0.6) is 5.75 Å². The van der Waals surface area contributed by atoms with Gasteiger partial charge in [0.25, 0.3) is 10.0 Å². The zero-order chi connectivity index (χ0) is 25.2. The first kappa shape index (κ1) is 25.1. The van der Waals surface area contributed by atoms with Gasteiger partial charge in [-0.3, -0.25) is 0 Å². The third-order valence-corrected chi connectivity index (χ3v) is 7.35. The van der Waals surface area contributed by atoms with E-state index in [2.05, 4.69) is 4.98 Å². The van der Waals surface area contributed by atoms with Gasteiger partial charge in [0.05, 0.1) is 11.5 Å². The topological polar surface area (TPSA) is 99.5 Å². The first-order valence-corrected chi connectivity index (χ1v) is 13.3. The van der Waals surface area contributed by atoms with Crippen LogP contribution in [0, 0.1) is 0 Å². The molecule has 0 unspecified atom stereocenters. The Bertz CT molecular complexity index is 1330. The van der Waals surface area contributed by atoms with Gasteiger partial charge in [-0.05, 0) is 54.6 Å². The van der Waals surface area contributed by atoms with E-state index in [1.807, 2.05) is 55.8 Å². The Hall–Kier alpha value is -3.04. The van der Waals surface area contributed by atoms with E-state index in [0.717, 1.165) is 17.5 Å². The Kier molecular flexibility index (Phi) is 7.10. The molecule has 0 radical (unpaired) electrons. The first-order chi connectivity index (χ1) is 16.6. The number of carbonyl (C=O) groups is 1. The standard InChI is InChI=1S/C25H28ClN3O5S/c1-4-5-12-33-24(30)28-35(31,32)22-14-21-19(15-25(2,3)34-21)13-20(22)18-8-6-17(7-9-18)16-29-11-10-27-23(29)26/h6-11,13-14H,4-5,12,15-16H2,1-3H3,(H,28,30). The lowest BCUT2D eigenvalue weighted by Gasteiger charge is -2.17. The van der Waals surface area contributed by atoms with Crippen LogP contribution in [0.4, 0.5) is 4.79 Å². The van der Waals surface area contributed by atoms with Crippen LogP contribution < -0.4 is 9.46 Å². The van der Waals surface area contributed by atoms with Crippen LogP contribution >= 0.6 is 11.6 Å². The molecule has 3 aromatic rings. The Labute approximate surface area is 210 Å². The van der Waals surface area contributed by atoms with Crippen molar-refractivity contribution >= 4 is 27.7 Å². The number of ether oxygens (including phenoxy) is 2. The fourth-order valence-electron chi connectivity index (χ4n) is 4.00. The minimum absolute atomic E-state index is 0.0493. The molecule has 0 saturated carbocycles. The lowest BCUT2D eigenvalue weighted by molar-refractivity contribution is 0.138. The molecule has 1 aliphatic rings. The Morgan fingerprint density at radius 2 is 2.00 bits per heavy atom. The highest BCUT2D eigenvalue weighted by atomic mass is 35.5. The van der Waals surface area contributed by atoms with Gasteiger partial charge < -0.3 is 14.0 Å². The number of fused-ring (bicyclic) bond motifs is 1. The number of halogens is 1. The highest BCUT2D eigenvalue weighted by Crippen LogP contribution is 2.41. The van der Waals surface area contributed by atoms with E-state index in [-0.39, 0.29) is 11.5 Å². The van der Waals surface area contributed by atoms with Crippen molar-refractivity contribution in [1.29, 1.82) is 0 Å². The molecule has 2 aromatic carbocycles. The van der Waals surface area contributed by atoms with Crippen molar-refractivity contribution in [2.45, 2.75) is 57.1 Å². The molecule has 35 heavy (non-hydrogen) atoms. The number of benzene rings is 2. The second kappa shape index (κ2) is 9.91. The number of hydrogen-bond acceptors (Lipinski definition) is 6. The summed E-state index contributed by atoms with van der Waals surface area (Å²) in [5, 5.41) is 0.389. The molecule has 8 nitrogen and oxygen atoms in total. The summed E-state index contributed by atoms with van der Waals surface area (Å²) < 4.78 is 41.3. The lowest BCUT2D eigenvalue weighted by Crippen LogP contribution is -2.31. The molecule has 0 bridgehead atoms. The maximum absolute atomic E-state index is 13.3. The molecular formula is C25H28ClN3O5S. The maximum Gasteiger partial charge on any atom is 0.421 e. The molecule has 0 aliphatic carbocycles. The van der Waals surface area contributed by atoms with Crippen molar-refractivity contribution in [3.8, 4) is 16.9 Å². The Morgan fingerprint density at radius 3 is 2.66 bits per heavy atom. The average molecular weight is 518 g/mol. The molecule has 1 N–H and O–H groups in total. The normalized spacial score (nSPS) is 14.3. The number of carbonyl (C=O) groups excluding carboxylic acids is 1. The largest absolute Gasteiger partial charge is 0.487 e. The molecule has 186 valence electrons. The van der Waals surface area contributed by atoms with E-state index in [9.17, 15) is 13.2 Å². The summed E-state index contributed by atoms with van der Waals surface area (Å²) in [5.41, 5.74) is 2.59. The first-order valence-electron chi connectivity index (χ1n) is 11.4. The van der Waals surface area contributed by atoms with Crippen LogP contribution in [0.3, 0.4) is 0 Å². The highest BCUT2D eigenvalue weighted by Gasteiger charge is 2.33. The summed E-state index contributed by atoms with van der Waals surface area (Å²) in [6.07, 6.45) is 4.52. The molecule has 2 heterocycles. The number of unbranched alkanes of at least 4 members (excludes halogenated alkanes) is 1. The van der Waals surface area contributed by atoms with Gasteiger partial charge in [-0.2, -0.15) is 0 Å². The number of sulfonamides is 1. The van der Waals surface area contributed by atoms with Gasteiger partial charge in [0.15, 0.2) is 0 Å². The number of rotatable bonds is 8. The quantitative estimate of drug-likeness (QED) is 0.413. The molecular weight excluding hydrogens is 490 g/mol. The SMILES string of the molecule is CCCCOC(=O)NS(=O)(=O)c1cc2c(cc1-c1ccc(Cn3ccnc3Cl)cc1)CC(C)(C)O2. The van der Waals surface area contributed by atoms with Crippen molar-refractivity contribution in [2.75, 3.05) is 6.61 Å². The van der Waals surface area contributed by atoms with Crippen molar-refractivity contribution in [3.63, 3.8) is 0 Å². The summed E-state index contributed by atoms with van der Waals surface area (Å²) >= 11 is 6.07. The summed E-state index contributed by atoms with van der Waals surface area (Å²) in [6.45, 7) is 6.52. The van der Waals surface area contributed by atoms with Crippen LogP contribution in [-0.4, -0.2) is 36.3 Å².